The van der Waals surface area contributed by atoms with Crippen molar-refractivity contribution in [1.29, 1.82) is 0 Å². The van der Waals surface area contributed by atoms with Gasteiger partial charge in [-0.2, -0.15) is 0 Å². The molecule has 0 aliphatic carbocycles. The van der Waals surface area contributed by atoms with Crippen molar-refractivity contribution in [2.75, 3.05) is 13.2 Å². The molecule has 0 saturated heterocycles. The number of aliphatic hydroxyl groups is 1. The quantitative estimate of drug-likeness (QED) is 0.651. The van der Waals surface area contributed by atoms with Gasteiger partial charge in [0.25, 0.3) is 5.91 Å². The molecule has 1 atom stereocenters. The molecule has 0 bridgehead atoms. The second-order valence-electron chi connectivity index (χ2n) is 6.00. The zero-order valence-corrected chi connectivity index (χ0v) is 13.8. The minimum absolute atomic E-state index is 0.0798. The van der Waals surface area contributed by atoms with Crippen LogP contribution in [0, 0.1) is 6.92 Å². The molecule has 0 saturated carbocycles. The average molecular weight is 322 g/mol. The Hall–Kier alpha value is -2.59. The molecule has 0 aliphatic rings. The van der Waals surface area contributed by atoms with E-state index in [2.05, 4.69) is 10.3 Å². The summed E-state index contributed by atoms with van der Waals surface area (Å²) in [6, 6.07) is 17.8. The highest BCUT2D eigenvalue weighted by atomic mass is 16.3. The van der Waals surface area contributed by atoms with Crippen LogP contribution in [0.3, 0.4) is 0 Å². The first-order valence-corrected chi connectivity index (χ1v) is 8.22. The smallest absolute Gasteiger partial charge is 0.253 e. The lowest BCUT2D eigenvalue weighted by Crippen LogP contribution is -2.29. The van der Waals surface area contributed by atoms with E-state index in [9.17, 15) is 9.90 Å². The second-order valence-corrected chi connectivity index (χ2v) is 6.00. The van der Waals surface area contributed by atoms with Crippen molar-refractivity contribution in [3.63, 3.8) is 0 Å². The Morgan fingerprint density at radius 3 is 2.58 bits per heavy atom. The number of aromatic nitrogens is 1. The van der Waals surface area contributed by atoms with Crippen LogP contribution >= 0.6 is 0 Å². The number of benzene rings is 2. The first-order valence-electron chi connectivity index (χ1n) is 8.22. The molecule has 0 aliphatic heterocycles. The minimum atomic E-state index is -0.0798. The van der Waals surface area contributed by atoms with Crippen LogP contribution < -0.4 is 5.32 Å². The molecule has 0 fully saturated rings. The minimum Gasteiger partial charge on any atom is -0.396 e. The highest BCUT2D eigenvalue weighted by molar-refractivity contribution is 6.08. The van der Waals surface area contributed by atoms with Crippen molar-refractivity contribution in [2.45, 2.75) is 19.3 Å². The fourth-order valence-electron chi connectivity index (χ4n) is 3.14. The number of hydrogen-bond acceptors (Lipinski definition) is 2. The summed E-state index contributed by atoms with van der Waals surface area (Å²) < 4.78 is 0. The first kappa shape index (κ1) is 16.3. The normalized spacial score (nSPS) is 12.2. The van der Waals surface area contributed by atoms with Crippen LogP contribution in [0.4, 0.5) is 0 Å². The molecule has 3 aromatic rings. The molecular formula is C20H22N2O2. The Kier molecular flexibility index (Phi) is 4.96. The summed E-state index contributed by atoms with van der Waals surface area (Å²) in [4.78, 5) is 15.9. The fraction of sp³-hybridized carbons (Fsp3) is 0.250. The van der Waals surface area contributed by atoms with Gasteiger partial charge < -0.3 is 15.4 Å². The second kappa shape index (κ2) is 7.32. The molecule has 0 spiro atoms. The summed E-state index contributed by atoms with van der Waals surface area (Å²) in [6.07, 6.45) is 0.622. The van der Waals surface area contributed by atoms with Gasteiger partial charge in [0.05, 0.1) is 5.56 Å². The van der Waals surface area contributed by atoms with Crippen molar-refractivity contribution in [2.24, 2.45) is 0 Å². The molecule has 4 heteroatoms. The van der Waals surface area contributed by atoms with Gasteiger partial charge in [0.15, 0.2) is 0 Å². The van der Waals surface area contributed by atoms with Gasteiger partial charge in [0.2, 0.25) is 0 Å². The van der Waals surface area contributed by atoms with Crippen LogP contribution in [-0.4, -0.2) is 29.1 Å². The zero-order chi connectivity index (χ0) is 16.9. The van der Waals surface area contributed by atoms with E-state index in [4.69, 9.17) is 0 Å². The maximum absolute atomic E-state index is 12.7. The Morgan fingerprint density at radius 2 is 1.83 bits per heavy atom. The number of amides is 1. The lowest BCUT2D eigenvalue weighted by Gasteiger charge is -2.17. The number of aliphatic hydroxyl groups excluding tert-OH is 1. The van der Waals surface area contributed by atoms with Gasteiger partial charge in [-0.25, -0.2) is 0 Å². The SMILES string of the molecule is Cc1[nH]c2ccccc2c1C(=O)NCC(CCO)c1ccccc1. The number of para-hydroxylation sites is 1. The predicted molar refractivity (Wildman–Crippen MR) is 96.3 cm³/mol. The maximum atomic E-state index is 12.7. The van der Waals surface area contributed by atoms with Gasteiger partial charge in [-0.15, -0.1) is 0 Å². The summed E-state index contributed by atoms with van der Waals surface area (Å²) in [7, 11) is 0. The Bertz CT molecular complexity index is 824. The van der Waals surface area contributed by atoms with Gasteiger partial charge in [-0.1, -0.05) is 48.5 Å². The summed E-state index contributed by atoms with van der Waals surface area (Å²) in [5.41, 5.74) is 3.66. The van der Waals surface area contributed by atoms with Crippen molar-refractivity contribution in [1.82, 2.24) is 10.3 Å². The Balaban J connectivity index is 1.77. The maximum Gasteiger partial charge on any atom is 0.253 e. The van der Waals surface area contributed by atoms with Crippen molar-refractivity contribution >= 4 is 16.8 Å². The number of aryl methyl sites for hydroxylation is 1. The molecule has 24 heavy (non-hydrogen) atoms. The van der Waals surface area contributed by atoms with E-state index in [0.717, 1.165) is 22.2 Å². The third kappa shape index (κ3) is 3.34. The Morgan fingerprint density at radius 1 is 1.12 bits per heavy atom. The highest BCUT2D eigenvalue weighted by Gasteiger charge is 2.18. The van der Waals surface area contributed by atoms with E-state index in [-0.39, 0.29) is 18.4 Å². The number of rotatable bonds is 6. The van der Waals surface area contributed by atoms with E-state index in [1.54, 1.807) is 0 Å². The van der Waals surface area contributed by atoms with Gasteiger partial charge >= 0.3 is 0 Å². The monoisotopic (exact) mass is 322 g/mol. The van der Waals surface area contributed by atoms with E-state index >= 15 is 0 Å². The third-order valence-corrected chi connectivity index (χ3v) is 4.38. The molecule has 2 aromatic carbocycles. The van der Waals surface area contributed by atoms with Crippen LogP contribution in [0.25, 0.3) is 10.9 Å². The predicted octanol–water partition coefficient (Wildman–Crippen LogP) is 3.37. The van der Waals surface area contributed by atoms with E-state index in [0.29, 0.717) is 18.5 Å². The lowest BCUT2D eigenvalue weighted by molar-refractivity contribution is 0.0950. The van der Waals surface area contributed by atoms with Crippen LogP contribution in [-0.2, 0) is 0 Å². The number of fused-ring (bicyclic) bond motifs is 1. The van der Waals surface area contributed by atoms with E-state index < -0.39 is 0 Å². The molecule has 3 N–H and O–H groups in total. The molecule has 1 heterocycles. The zero-order valence-electron chi connectivity index (χ0n) is 13.8. The number of H-pyrrole nitrogens is 1. The van der Waals surface area contributed by atoms with Crippen molar-refractivity contribution in [3.8, 4) is 0 Å². The Labute approximate surface area is 141 Å². The van der Waals surface area contributed by atoms with Crippen molar-refractivity contribution < 1.29 is 9.90 Å². The van der Waals surface area contributed by atoms with Crippen LogP contribution in [0.2, 0.25) is 0 Å². The van der Waals surface area contributed by atoms with Gasteiger partial charge in [-0.05, 0) is 25.0 Å². The number of nitrogens with one attached hydrogen (secondary N) is 2. The summed E-state index contributed by atoms with van der Waals surface area (Å²) >= 11 is 0. The largest absolute Gasteiger partial charge is 0.396 e. The highest BCUT2D eigenvalue weighted by Crippen LogP contribution is 2.23. The molecule has 4 nitrogen and oxygen atoms in total. The fourth-order valence-corrected chi connectivity index (χ4v) is 3.14. The van der Waals surface area contributed by atoms with Crippen LogP contribution in [0.15, 0.2) is 54.6 Å². The number of hydrogen-bond donors (Lipinski definition) is 3. The standard InChI is InChI=1S/C20H22N2O2/c1-14-19(17-9-5-6-10-18(17)22-14)20(24)21-13-16(11-12-23)15-7-3-2-4-8-15/h2-10,16,22-23H,11-13H2,1H3,(H,21,24). The third-order valence-electron chi connectivity index (χ3n) is 4.38. The van der Waals surface area contributed by atoms with Gasteiger partial charge in [-0.3, -0.25) is 4.79 Å². The molecule has 0 radical (unpaired) electrons. The van der Waals surface area contributed by atoms with Crippen LogP contribution in [0.5, 0.6) is 0 Å². The molecule has 1 unspecified atom stereocenters. The van der Waals surface area contributed by atoms with Gasteiger partial charge in [0.1, 0.15) is 0 Å². The van der Waals surface area contributed by atoms with E-state index in [1.165, 1.54) is 0 Å². The average Bonchev–Trinajstić information content (AvgIpc) is 2.95. The summed E-state index contributed by atoms with van der Waals surface area (Å²) in [5.74, 6) is 0.0227. The van der Waals surface area contributed by atoms with Crippen molar-refractivity contribution in [3.05, 3.63) is 71.4 Å². The number of carbonyl (C=O) groups excluding carboxylic acids is 1. The molecule has 124 valence electrons. The molecule has 1 aromatic heterocycles. The summed E-state index contributed by atoms with van der Waals surface area (Å²) in [5, 5.41) is 13.3. The van der Waals surface area contributed by atoms with Gasteiger partial charge in [0, 0.05) is 35.7 Å². The number of aromatic amines is 1. The first-order chi connectivity index (χ1) is 11.7. The lowest BCUT2D eigenvalue weighted by atomic mass is 9.96. The topological polar surface area (TPSA) is 65.1 Å². The molecular weight excluding hydrogens is 300 g/mol. The summed E-state index contributed by atoms with van der Waals surface area (Å²) in [6.45, 7) is 2.52. The molecule has 3 rings (SSSR count). The number of carbonyl (C=O) groups is 1. The van der Waals surface area contributed by atoms with E-state index in [1.807, 2.05) is 61.5 Å². The molecule has 1 amide bonds. The van der Waals surface area contributed by atoms with Crippen LogP contribution in [0.1, 0.15) is 34.0 Å².